The lowest BCUT2D eigenvalue weighted by Gasteiger charge is -2.23. The van der Waals surface area contributed by atoms with Crippen molar-refractivity contribution in [3.63, 3.8) is 0 Å². The number of anilines is 1. The van der Waals surface area contributed by atoms with Crippen molar-refractivity contribution in [3.8, 4) is 0 Å². The van der Waals surface area contributed by atoms with Gasteiger partial charge in [0.1, 0.15) is 0 Å². The third-order valence-corrected chi connectivity index (χ3v) is 4.78. The molecule has 2 aromatic carbocycles. The standard InChI is InChI=1S/C19H20N2O/c20-17-9-8-15-11-21(12-16(15)10-17)19(22)18(14-6-7-14)13-4-2-1-3-5-13/h1-5,8-10,14,18H,6-7,11-12,20H2. The van der Waals surface area contributed by atoms with E-state index in [1.807, 2.05) is 41.3 Å². The van der Waals surface area contributed by atoms with Crippen LogP contribution in [-0.4, -0.2) is 10.8 Å². The van der Waals surface area contributed by atoms with Gasteiger partial charge in [0.2, 0.25) is 5.91 Å². The van der Waals surface area contributed by atoms with Gasteiger partial charge in [-0.1, -0.05) is 36.4 Å². The normalized spacial score (nSPS) is 18.1. The number of nitrogens with zero attached hydrogens (tertiary/aromatic N) is 1. The predicted molar refractivity (Wildman–Crippen MR) is 87.0 cm³/mol. The Kier molecular flexibility index (Phi) is 3.14. The third-order valence-electron chi connectivity index (χ3n) is 4.78. The Morgan fingerprint density at radius 2 is 1.77 bits per heavy atom. The fraction of sp³-hybridized carbons (Fsp3) is 0.316. The van der Waals surface area contributed by atoms with Crippen LogP contribution in [0.3, 0.4) is 0 Å². The van der Waals surface area contributed by atoms with Crippen LogP contribution in [0.25, 0.3) is 0 Å². The SMILES string of the molecule is Nc1ccc2c(c1)CN(C(=O)C(c1ccccc1)C1CC1)C2. The Labute approximate surface area is 130 Å². The molecule has 1 aliphatic carbocycles. The molecule has 112 valence electrons. The lowest BCUT2D eigenvalue weighted by Crippen LogP contribution is -2.31. The van der Waals surface area contributed by atoms with Crippen LogP contribution in [0.15, 0.2) is 48.5 Å². The maximum absolute atomic E-state index is 13.1. The summed E-state index contributed by atoms with van der Waals surface area (Å²) in [6, 6.07) is 16.2. The zero-order valence-corrected chi connectivity index (χ0v) is 12.5. The van der Waals surface area contributed by atoms with Gasteiger partial charge in [-0.25, -0.2) is 0 Å². The molecule has 1 atom stereocenters. The van der Waals surface area contributed by atoms with E-state index in [0.29, 0.717) is 19.0 Å². The topological polar surface area (TPSA) is 46.3 Å². The van der Waals surface area contributed by atoms with E-state index in [-0.39, 0.29) is 11.8 Å². The maximum Gasteiger partial charge on any atom is 0.230 e. The lowest BCUT2D eigenvalue weighted by molar-refractivity contribution is -0.134. The molecule has 3 nitrogen and oxygen atoms in total. The second-order valence-corrected chi connectivity index (χ2v) is 6.45. The summed E-state index contributed by atoms with van der Waals surface area (Å²) in [5, 5.41) is 0. The minimum Gasteiger partial charge on any atom is -0.399 e. The number of benzene rings is 2. The average molecular weight is 292 g/mol. The van der Waals surface area contributed by atoms with Crippen LogP contribution in [0.2, 0.25) is 0 Å². The van der Waals surface area contributed by atoms with E-state index in [4.69, 9.17) is 5.73 Å². The highest BCUT2D eigenvalue weighted by Gasteiger charge is 2.40. The third kappa shape index (κ3) is 2.37. The van der Waals surface area contributed by atoms with Gasteiger partial charge in [-0.15, -0.1) is 0 Å². The van der Waals surface area contributed by atoms with Crippen molar-refractivity contribution in [2.75, 3.05) is 5.73 Å². The average Bonchev–Trinajstić information content (AvgIpc) is 3.26. The zero-order chi connectivity index (χ0) is 15.1. The summed E-state index contributed by atoms with van der Waals surface area (Å²) in [5.74, 6) is 0.806. The summed E-state index contributed by atoms with van der Waals surface area (Å²) < 4.78 is 0. The van der Waals surface area contributed by atoms with Crippen LogP contribution in [0.5, 0.6) is 0 Å². The van der Waals surface area contributed by atoms with Crippen LogP contribution < -0.4 is 5.73 Å². The second-order valence-electron chi connectivity index (χ2n) is 6.45. The van der Waals surface area contributed by atoms with Gasteiger partial charge in [0.25, 0.3) is 0 Å². The summed E-state index contributed by atoms with van der Waals surface area (Å²) in [4.78, 5) is 15.1. The lowest BCUT2D eigenvalue weighted by atomic mass is 9.93. The van der Waals surface area contributed by atoms with Crippen LogP contribution in [0, 0.1) is 5.92 Å². The molecule has 0 saturated heterocycles. The Bertz CT molecular complexity index is 707. The Balaban J connectivity index is 1.59. The smallest absolute Gasteiger partial charge is 0.230 e. The quantitative estimate of drug-likeness (QED) is 0.882. The monoisotopic (exact) mass is 292 g/mol. The number of amides is 1. The molecular weight excluding hydrogens is 272 g/mol. The number of nitrogen functional groups attached to an aromatic ring is 1. The van der Waals surface area contributed by atoms with Gasteiger partial charge in [0, 0.05) is 18.8 Å². The molecule has 1 fully saturated rings. The van der Waals surface area contributed by atoms with Gasteiger partial charge in [-0.3, -0.25) is 4.79 Å². The molecule has 3 heteroatoms. The Morgan fingerprint density at radius 1 is 1.05 bits per heavy atom. The van der Waals surface area contributed by atoms with Crippen molar-refractivity contribution in [2.24, 2.45) is 5.92 Å². The van der Waals surface area contributed by atoms with Crippen molar-refractivity contribution < 1.29 is 4.79 Å². The Hall–Kier alpha value is -2.29. The minimum absolute atomic E-state index is 0.0212. The first-order valence-electron chi connectivity index (χ1n) is 7.93. The molecule has 2 aliphatic rings. The molecule has 1 heterocycles. The van der Waals surface area contributed by atoms with Gasteiger partial charge in [0.15, 0.2) is 0 Å². The van der Waals surface area contributed by atoms with Crippen molar-refractivity contribution in [2.45, 2.75) is 31.8 Å². The number of carbonyl (C=O) groups is 1. The van der Waals surface area contributed by atoms with E-state index in [9.17, 15) is 4.79 Å². The number of carbonyl (C=O) groups excluding carboxylic acids is 1. The number of rotatable bonds is 3. The largest absolute Gasteiger partial charge is 0.399 e. The van der Waals surface area contributed by atoms with Gasteiger partial charge in [0.05, 0.1) is 5.92 Å². The minimum atomic E-state index is 0.0212. The van der Waals surface area contributed by atoms with Crippen LogP contribution in [-0.2, 0) is 17.9 Å². The van der Waals surface area contributed by atoms with Crippen molar-refractivity contribution >= 4 is 11.6 Å². The van der Waals surface area contributed by atoms with Crippen LogP contribution >= 0.6 is 0 Å². The van der Waals surface area contributed by atoms with E-state index in [0.717, 1.165) is 11.3 Å². The molecule has 2 aromatic rings. The number of fused-ring (bicyclic) bond motifs is 1. The molecule has 0 bridgehead atoms. The predicted octanol–water partition coefficient (Wildman–Crippen LogP) is 3.30. The number of hydrogen-bond acceptors (Lipinski definition) is 2. The molecule has 1 aliphatic heterocycles. The van der Waals surface area contributed by atoms with Crippen molar-refractivity contribution in [1.82, 2.24) is 4.90 Å². The van der Waals surface area contributed by atoms with E-state index >= 15 is 0 Å². The Morgan fingerprint density at radius 3 is 2.50 bits per heavy atom. The van der Waals surface area contributed by atoms with Gasteiger partial charge in [-0.2, -0.15) is 0 Å². The van der Waals surface area contributed by atoms with Gasteiger partial charge >= 0.3 is 0 Å². The van der Waals surface area contributed by atoms with E-state index in [1.165, 1.54) is 24.0 Å². The van der Waals surface area contributed by atoms with Crippen LogP contribution in [0.1, 0.15) is 35.4 Å². The van der Waals surface area contributed by atoms with Gasteiger partial charge < -0.3 is 10.6 Å². The van der Waals surface area contributed by atoms with Crippen LogP contribution in [0.4, 0.5) is 5.69 Å². The van der Waals surface area contributed by atoms with Crippen molar-refractivity contribution in [1.29, 1.82) is 0 Å². The summed E-state index contributed by atoms with van der Waals surface area (Å²) in [6.07, 6.45) is 2.33. The molecule has 0 spiro atoms. The maximum atomic E-state index is 13.1. The van der Waals surface area contributed by atoms with E-state index in [1.54, 1.807) is 0 Å². The highest BCUT2D eigenvalue weighted by Crippen LogP contribution is 2.44. The summed E-state index contributed by atoms with van der Waals surface area (Å²) >= 11 is 0. The molecular formula is C19H20N2O. The highest BCUT2D eigenvalue weighted by molar-refractivity contribution is 5.85. The molecule has 4 rings (SSSR count). The highest BCUT2D eigenvalue weighted by atomic mass is 16.2. The summed E-state index contributed by atoms with van der Waals surface area (Å²) in [5.41, 5.74) is 10.2. The number of nitrogens with two attached hydrogens (primary N) is 1. The summed E-state index contributed by atoms with van der Waals surface area (Å²) in [7, 11) is 0. The second kappa shape index (κ2) is 5.16. The molecule has 0 aromatic heterocycles. The molecule has 0 radical (unpaired) electrons. The summed E-state index contributed by atoms with van der Waals surface area (Å²) in [6.45, 7) is 1.40. The molecule has 1 saturated carbocycles. The zero-order valence-electron chi connectivity index (χ0n) is 12.5. The first-order chi connectivity index (χ1) is 10.7. The molecule has 1 amide bonds. The fourth-order valence-electron chi connectivity index (χ4n) is 3.47. The van der Waals surface area contributed by atoms with Crippen molar-refractivity contribution in [3.05, 3.63) is 65.2 Å². The van der Waals surface area contributed by atoms with Gasteiger partial charge in [-0.05, 0) is 47.6 Å². The van der Waals surface area contributed by atoms with E-state index in [2.05, 4.69) is 12.1 Å². The fourth-order valence-corrected chi connectivity index (χ4v) is 3.47. The molecule has 2 N–H and O–H groups in total. The molecule has 22 heavy (non-hydrogen) atoms. The first kappa shape index (κ1) is 13.4. The first-order valence-corrected chi connectivity index (χ1v) is 7.93. The molecule has 1 unspecified atom stereocenters. The number of hydrogen-bond donors (Lipinski definition) is 1. The van der Waals surface area contributed by atoms with E-state index < -0.39 is 0 Å².